The summed E-state index contributed by atoms with van der Waals surface area (Å²) in [6.45, 7) is 5.18. The minimum atomic E-state index is -3.58. The molecule has 6 nitrogen and oxygen atoms in total. The number of sulfonamides is 1. The molecule has 2 heterocycles. The van der Waals surface area contributed by atoms with Crippen LogP contribution in [0.15, 0.2) is 35.4 Å². The fraction of sp³-hybridized carbons (Fsp3) is 0.438. The zero-order valence-corrected chi connectivity index (χ0v) is 15.3. The maximum absolute atomic E-state index is 13.0. The summed E-state index contributed by atoms with van der Waals surface area (Å²) in [4.78, 5) is 0.235. The van der Waals surface area contributed by atoms with Crippen LogP contribution in [0, 0.1) is 12.3 Å². The summed E-state index contributed by atoms with van der Waals surface area (Å²) < 4.78 is 29.1. The molecule has 0 aliphatic carbocycles. The van der Waals surface area contributed by atoms with Crippen LogP contribution in [0.1, 0.15) is 19.0 Å². The van der Waals surface area contributed by atoms with Crippen LogP contribution in [0.4, 0.5) is 0 Å². The molecule has 2 N–H and O–H groups in total. The molecule has 1 fully saturated rings. The van der Waals surface area contributed by atoms with Crippen LogP contribution >= 0.6 is 11.6 Å². The van der Waals surface area contributed by atoms with Gasteiger partial charge < -0.3 is 5.73 Å². The van der Waals surface area contributed by atoms with Crippen molar-refractivity contribution in [1.29, 1.82) is 0 Å². The van der Waals surface area contributed by atoms with Gasteiger partial charge >= 0.3 is 0 Å². The predicted octanol–water partition coefficient (Wildman–Crippen LogP) is 2.19. The molecule has 2 aromatic rings. The van der Waals surface area contributed by atoms with Gasteiger partial charge in [-0.05, 0) is 49.6 Å². The highest BCUT2D eigenvalue weighted by Gasteiger charge is 2.40. The minimum Gasteiger partial charge on any atom is -0.330 e. The van der Waals surface area contributed by atoms with Crippen LogP contribution in [-0.2, 0) is 10.0 Å². The third kappa shape index (κ3) is 2.97. The smallest absolute Gasteiger partial charge is 0.246 e. The quantitative estimate of drug-likeness (QED) is 0.896. The Morgan fingerprint density at radius 2 is 2.00 bits per heavy atom. The number of halogens is 1. The van der Waals surface area contributed by atoms with E-state index in [1.54, 1.807) is 35.9 Å². The summed E-state index contributed by atoms with van der Waals surface area (Å²) >= 11 is 5.90. The number of aromatic nitrogens is 2. The average Bonchev–Trinajstić information content (AvgIpc) is 3.13. The molecule has 3 rings (SSSR count). The summed E-state index contributed by atoms with van der Waals surface area (Å²) in [5.74, 6) is 0. The lowest BCUT2D eigenvalue weighted by atomic mass is 9.90. The van der Waals surface area contributed by atoms with Crippen molar-refractivity contribution in [3.05, 3.63) is 41.2 Å². The molecule has 1 aliphatic rings. The lowest BCUT2D eigenvalue weighted by Crippen LogP contribution is -2.34. The third-order valence-corrected chi connectivity index (χ3v) is 6.87. The van der Waals surface area contributed by atoms with E-state index in [0.717, 1.165) is 12.1 Å². The summed E-state index contributed by atoms with van der Waals surface area (Å²) in [6, 6.07) is 7.11. The van der Waals surface area contributed by atoms with Crippen molar-refractivity contribution < 1.29 is 8.42 Å². The van der Waals surface area contributed by atoms with Crippen molar-refractivity contribution in [2.75, 3.05) is 19.6 Å². The van der Waals surface area contributed by atoms with Crippen molar-refractivity contribution in [3.63, 3.8) is 0 Å². The van der Waals surface area contributed by atoms with E-state index < -0.39 is 10.0 Å². The highest BCUT2D eigenvalue weighted by atomic mass is 35.5. The first kappa shape index (κ1) is 17.4. The molecular weight excluding hydrogens is 348 g/mol. The Labute approximate surface area is 147 Å². The van der Waals surface area contributed by atoms with Gasteiger partial charge in [0, 0.05) is 18.1 Å². The minimum absolute atomic E-state index is 0.160. The van der Waals surface area contributed by atoms with Gasteiger partial charge in [0.05, 0.1) is 17.6 Å². The molecular formula is C16H21ClN4O2S. The topological polar surface area (TPSA) is 81.2 Å². The van der Waals surface area contributed by atoms with Gasteiger partial charge in [-0.1, -0.05) is 18.5 Å². The monoisotopic (exact) mass is 368 g/mol. The predicted molar refractivity (Wildman–Crippen MR) is 93.8 cm³/mol. The van der Waals surface area contributed by atoms with E-state index in [2.05, 4.69) is 5.10 Å². The molecule has 1 aromatic heterocycles. The Kier molecular flexibility index (Phi) is 4.46. The van der Waals surface area contributed by atoms with Crippen LogP contribution in [0.5, 0.6) is 0 Å². The highest BCUT2D eigenvalue weighted by Crippen LogP contribution is 2.33. The van der Waals surface area contributed by atoms with E-state index in [4.69, 9.17) is 17.3 Å². The Hall–Kier alpha value is -1.41. The first-order chi connectivity index (χ1) is 11.3. The summed E-state index contributed by atoms with van der Waals surface area (Å²) in [7, 11) is -3.58. The SMILES string of the molecule is Cc1c(S(=O)(=O)N2CCC(C)(CN)C2)cnn1-c1ccc(Cl)cc1. The molecule has 8 heteroatoms. The van der Waals surface area contributed by atoms with Crippen LogP contribution in [0.3, 0.4) is 0 Å². The normalized spacial score (nSPS) is 22.2. The molecule has 0 saturated carbocycles. The number of nitrogens with two attached hydrogens (primary N) is 1. The molecule has 0 spiro atoms. The molecule has 130 valence electrons. The fourth-order valence-electron chi connectivity index (χ4n) is 2.98. The zero-order valence-electron chi connectivity index (χ0n) is 13.7. The first-order valence-electron chi connectivity index (χ1n) is 7.78. The van der Waals surface area contributed by atoms with Crippen molar-refractivity contribution in [1.82, 2.24) is 14.1 Å². The first-order valence-corrected chi connectivity index (χ1v) is 9.59. The summed E-state index contributed by atoms with van der Waals surface area (Å²) in [5, 5.41) is 4.87. The standard InChI is InChI=1S/C16H21ClN4O2S/c1-12-15(9-19-21(12)14-5-3-13(17)4-6-14)24(22,23)20-8-7-16(2,10-18)11-20/h3-6,9H,7-8,10-11,18H2,1-2H3. The molecule has 1 unspecified atom stereocenters. The molecule has 0 radical (unpaired) electrons. The maximum Gasteiger partial charge on any atom is 0.246 e. The fourth-order valence-corrected chi connectivity index (χ4v) is 4.84. The Morgan fingerprint density at radius 1 is 1.33 bits per heavy atom. The van der Waals surface area contributed by atoms with Gasteiger partial charge in [-0.15, -0.1) is 0 Å². The van der Waals surface area contributed by atoms with Crippen LogP contribution in [0.2, 0.25) is 5.02 Å². The molecule has 0 bridgehead atoms. The van der Waals surface area contributed by atoms with Crippen LogP contribution in [0.25, 0.3) is 5.69 Å². The second-order valence-electron chi connectivity index (χ2n) is 6.59. The molecule has 1 atom stereocenters. The van der Waals surface area contributed by atoms with E-state index in [0.29, 0.717) is 30.4 Å². The van der Waals surface area contributed by atoms with Gasteiger partial charge in [0.25, 0.3) is 0 Å². The number of hydrogen-bond acceptors (Lipinski definition) is 4. The number of hydrogen-bond donors (Lipinski definition) is 1. The van der Waals surface area contributed by atoms with Crippen molar-refractivity contribution in [2.24, 2.45) is 11.1 Å². The highest BCUT2D eigenvalue weighted by molar-refractivity contribution is 7.89. The van der Waals surface area contributed by atoms with Crippen molar-refractivity contribution in [2.45, 2.75) is 25.2 Å². The van der Waals surface area contributed by atoms with Gasteiger partial charge in [-0.2, -0.15) is 9.40 Å². The van der Waals surface area contributed by atoms with E-state index in [1.165, 1.54) is 10.5 Å². The van der Waals surface area contributed by atoms with Crippen LogP contribution in [-0.4, -0.2) is 42.1 Å². The van der Waals surface area contributed by atoms with E-state index in [-0.39, 0.29) is 10.3 Å². The molecule has 1 aliphatic heterocycles. The Morgan fingerprint density at radius 3 is 2.58 bits per heavy atom. The number of rotatable bonds is 4. The second-order valence-corrected chi connectivity index (χ2v) is 8.93. The Bertz CT molecular complexity index is 847. The van der Waals surface area contributed by atoms with Gasteiger partial charge in [-0.3, -0.25) is 0 Å². The molecule has 0 amide bonds. The third-order valence-electron chi connectivity index (χ3n) is 4.67. The molecule has 1 saturated heterocycles. The molecule has 1 aromatic carbocycles. The van der Waals surface area contributed by atoms with Gasteiger partial charge in [0.15, 0.2) is 0 Å². The largest absolute Gasteiger partial charge is 0.330 e. The lowest BCUT2D eigenvalue weighted by molar-refractivity contribution is 0.349. The Balaban J connectivity index is 1.94. The number of benzene rings is 1. The van der Waals surface area contributed by atoms with Crippen molar-refractivity contribution in [3.8, 4) is 5.69 Å². The lowest BCUT2D eigenvalue weighted by Gasteiger charge is -2.22. The summed E-state index contributed by atoms with van der Waals surface area (Å²) in [6.07, 6.45) is 2.18. The van der Waals surface area contributed by atoms with E-state index >= 15 is 0 Å². The zero-order chi connectivity index (χ0) is 17.5. The van der Waals surface area contributed by atoms with E-state index in [9.17, 15) is 8.42 Å². The second kappa shape index (κ2) is 6.15. The molecule has 24 heavy (non-hydrogen) atoms. The average molecular weight is 369 g/mol. The number of nitrogens with zero attached hydrogens (tertiary/aromatic N) is 3. The maximum atomic E-state index is 13.0. The van der Waals surface area contributed by atoms with Crippen molar-refractivity contribution >= 4 is 21.6 Å². The van der Waals surface area contributed by atoms with Gasteiger partial charge in [-0.25, -0.2) is 13.1 Å². The van der Waals surface area contributed by atoms with E-state index in [1.807, 2.05) is 6.92 Å². The van der Waals surface area contributed by atoms with Gasteiger partial charge in [0.2, 0.25) is 10.0 Å². The van der Waals surface area contributed by atoms with Gasteiger partial charge in [0.1, 0.15) is 4.90 Å². The summed E-state index contributed by atoms with van der Waals surface area (Å²) in [5.41, 5.74) is 6.98. The van der Waals surface area contributed by atoms with Crippen LogP contribution < -0.4 is 5.73 Å².